The van der Waals surface area contributed by atoms with Crippen molar-refractivity contribution in [2.45, 2.75) is 6.92 Å². The molecule has 1 aromatic heterocycles. The summed E-state index contributed by atoms with van der Waals surface area (Å²) in [5, 5.41) is 19.6. The molecule has 1 heterocycles. The molecule has 0 unspecified atom stereocenters. The number of amides is 1. The molecule has 2 aromatic rings. The summed E-state index contributed by atoms with van der Waals surface area (Å²) >= 11 is 5.58. The lowest BCUT2D eigenvalue weighted by atomic mass is 10.2. The molecule has 0 aliphatic carbocycles. The number of phenolic OH excluding ortho intramolecular Hbond substituents is 1. The predicted molar refractivity (Wildman–Crippen MR) is 67.8 cm³/mol. The van der Waals surface area contributed by atoms with Gasteiger partial charge in [0, 0.05) is 11.8 Å². The van der Waals surface area contributed by atoms with Crippen LogP contribution in [0.15, 0.2) is 30.3 Å². The van der Waals surface area contributed by atoms with E-state index < -0.39 is 5.91 Å². The summed E-state index contributed by atoms with van der Waals surface area (Å²) in [6.07, 6.45) is 0. The zero-order chi connectivity index (χ0) is 13.1. The number of carbonyl (C=O) groups excluding carboxylic acids is 1. The monoisotopic (exact) mass is 263 g/mol. The first-order valence-electron chi connectivity index (χ1n) is 5.16. The first-order chi connectivity index (χ1) is 8.56. The third-order valence-corrected chi connectivity index (χ3v) is 2.53. The molecule has 0 saturated heterocycles. The smallest absolute Gasteiger partial charge is 0.276 e. The summed E-state index contributed by atoms with van der Waals surface area (Å²) in [6, 6.07) is 7.82. The highest BCUT2D eigenvalue weighted by molar-refractivity contribution is 6.29. The molecule has 0 fully saturated rings. The van der Waals surface area contributed by atoms with Gasteiger partial charge in [-0.15, -0.1) is 10.2 Å². The van der Waals surface area contributed by atoms with Gasteiger partial charge in [-0.3, -0.25) is 4.79 Å². The van der Waals surface area contributed by atoms with Crippen molar-refractivity contribution < 1.29 is 9.90 Å². The number of rotatable bonds is 2. The van der Waals surface area contributed by atoms with Crippen molar-refractivity contribution in [3.8, 4) is 5.75 Å². The molecule has 1 amide bonds. The van der Waals surface area contributed by atoms with Crippen LogP contribution in [0.3, 0.4) is 0 Å². The Balaban J connectivity index is 2.16. The molecule has 6 heteroatoms. The van der Waals surface area contributed by atoms with Crippen molar-refractivity contribution in [2.75, 3.05) is 5.32 Å². The molecule has 1 aromatic carbocycles. The summed E-state index contributed by atoms with van der Waals surface area (Å²) < 4.78 is 0. The van der Waals surface area contributed by atoms with Gasteiger partial charge in [0.15, 0.2) is 10.8 Å². The molecule has 0 saturated carbocycles. The van der Waals surface area contributed by atoms with Crippen LogP contribution in [0.4, 0.5) is 5.69 Å². The average Bonchev–Trinajstić information content (AvgIpc) is 2.34. The van der Waals surface area contributed by atoms with Gasteiger partial charge in [-0.2, -0.15) is 0 Å². The van der Waals surface area contributed by atoms with Gasteiger partial charge >= 0.3 is 0 Å². The number of aromatic nitrogens is 2. The lowest BCUT2D eigenvalue weighted by Gasteiger charge is -2.06. The van der Waals surface area contributed by atoms with E-state index in [2.05, 4.69) is 15.5 Å². The van der Waals surface area contributed by atoms with E-state index in [0.717, 1.165) is 5.56 Å². The molecule has 5 nitrogen and oxygen atoms in total. The van der Waals surface area contributed by atoms with E-state index in [1.54, 1.807) is 19.1 Å². The number of phenols is 1. The predicted octanol–water partition coefficient (Wildman–Crippen LogP) is 2.40. The van der Waals surface area contributed by atoms with Gasteiger partial charge in [0.2, 0.25) is 0 Å². The number of aromatic hydroxyl groups is 1. The molecule has 2 N–H and O–H groups in total. The normalized spacial score (nSPS) is 10.1. The largest absolute Gasteiger partial charge is 0.508 e. The van der Waals surface area contributed by atoms with E-state index in [0.29, 0.717) is 5.69 Å². The number of benzene rings is 1. The molecule has 0 spiro atoms. The zero-order valence-corrected chi connectivity index (χ0v) is 10.3. The summed E-state index contributed by atoms with van der Waals surface area (Å²) in [4.78, 5) is 11.8. The van der Waals surface area contributed by atoms with Crippen LogP contribution in [0, 0.1) is 6.92 Å². The molecule has 0 aliphatic rings. The lowest BCUT2D eigenvalue weighted by molar-refractivity contribution is 0.102. The van der Waals surface area contributed by atoms with Gasteiger partial charge in [0.1, 0.15) is 5.75 Å². The molecular formula is C12H10ClN3O2. The Labute approximate surface area is 108 Å². The fraction of sp³-hybridized carbons (Fsp3) is 0.0833. The van der Waals surface area contributed by atoms with Crippen LogP contribution in [0.25, 0.3) is 0 Å². The van der Waals surface area contributed by atoms with Gasteiger partial charge in [-0.05, 0) is 30.7 Å². The van der Waals surface area contributed by atoms with Crippen LogP contribution in [0.5, 0.6) is 5.75 Å². The minimum atomic E-state index is -0.414. The van der Waals surface area contributed by atoms with Crippen LogP contribution in [0.2, 0.25) is 5.15 Å². The fourth-order valence-corrected chi connectivity index (χ4v) is 1.42. The number of aryl methyl sites for hydroxylation is 1. The number of hydrogen-bond acceptors (Lipinski definition) is 4. The number of nitrogens with zero attached hydrogens (tertiary/aromatic N) is 2. The van der Waals surface area contributed by atoms with E-state index in [4.69, 9.17) is 11.6 Å². The highest BCUT2D eigenvalue weighted by Gasteiger charge is 2.09. The third-order valence-electron chi connectivity index (χ3n) is 2.33. The van der Waals surface area contributed by atoms with Crippen molar-refractivity contribution in [2.24, 2.45) is 0 Å². The van der Waals surface area contributed by atoms with Gasteiger partial charge in [-0.25, -0.2) is 0 Å². The molecule has 0 aliphatic heterocycles. The van der Waals surface area contributed by atoms with Gasteiger partial charge in [-0.1, -0.05) is 17.7 Å². The first kappa shape index (κ1) is 12.3. The highest BCUT2D eigenvalue weighted by Crippen LogP contribution is 2.21. The van der Waals surface area contributed by atoms with Crippen LogP contribution < -0.4 is 5.32 Å². The van der Waals surface area contributed by atoms with Crippen molar-refractivity contribution in [3.63, 3.8) is 0 Å². The Morgan fingerprint density at radius 3 is 2.67 bits per heavy atom. The van der Waals surface area contributed by atoms with Crippen molar-refractivity contribution in [1.82, 2.24) is 10.2 Å². The summed E-state index contributed by atoms with van der Waals surface area (Å²) in [7, 11) is 0. The quantitative estimate of drug-likeness (QED) is 0.872. The molecule has 0 radical (unpaired) electrons. The number of carbonyl (C=O) groups is 1. The van der Waals surface area contributed by atoms with Crippen molar-refractivity contribution in [3.05, 3.63) is 46.7 Å². The zero-order valence-electron chi connectivity index (χ0n) is 9.51. The van der Waals surface area contributed by atoms with Crippen molar-refractivity contribution >= 4 is 23.2 Å². The SMILES string of the molecule is Cc1ccc(NC(=O)c2ccc(Cl)nn2)cc1O. The first-order valence-corrected chi connectivity index (χ1v) is 5.54. The van der Waals surface area contributed by atoms with E-state index in [9.17, 15) is 9.90 Å². The molecule has 92 valence electrons. The van der Waals surface area contributed by atoms with Crippen LogP contribution in [-0.4, -0.2) is 21.2 Å². The highest BCUT2D eigenvalue weighted by atomic mass is 35.5. The average molecular weight is 264 g/mol. The van der Waals surface area contributed by atoms with Crippen LogP contribution in [-0.2, 0) is 0 Å². The third kappa shape index (κ3) is 2.75. The van der Waals surface area contributed by atoms with E-state index in [-0.39, 0.29) is 16.6 Å². The summed E-state index contributed by atoms with van der Waals surface area (Å²) in [5.74, 6) is -0.294. The topological polar surface area (TPSA) is 75.1 Å². The molecule has 18 heavy (non-hydrogen) atoms. The van der Waals surface area contributed by atoms with E-state index >= 15 is 0 Å². The Morgan fingerprint density at radius 2 is 2.06 bits per heavy atom. The minimum Gasteiger partial charge on any atom is -0.508 e. The van der Waals surface area contributed by atoms with Gasteiger partial charge < -0.3 is 10.4 Å². The Hall–Kier alpha value is -2.14. The number of halogens is 1. The molecule has 0 bridgehead atoms. The second kappa shape index (κ2) is 5.01. The van der Waals surface area contributed by atoms with Crippen LogP contribution >= 0.6 is 11.6 Å². The number of nitrogens with one attached hydrogen (secondary N) is 1. The maximum atomic E-state index is 11.8. The maximum absolute atomic E-state index is 11.8. The number of anilines is 1. The second-order valence-electron chi connectivity index (χ2n) is 3.70. The standard InChI is InChI=1S/C12H10ClN3O2/c1-7-2-3-8(6-10(7)17)14-12(18)9-4-5-11(13)16-15-9/h2-6,17H,1H3,(H,14,18). The number of hydrogen-bond donors (Lipinski definition) is 2. The van der Waals surface area contributed by atoms with Crippen molar-refractivity contribution in [1.29, 1.82) is 0 Å². The van der Waals surface area contributed by atoms with Gasteiger partial charge in [0.05, 0.1) is 0 Å². The Morgan fingerprint density at radius 1 is 1.28 bits per heavy atom. The van der Waals surface area contributed by atoms with Crippen LogP contribution in [0.1, 0.15) is 16.1 Å². The van der Waals surface area contributed by atoms with E-state index in [1.807, 2.05) is 0 Å². The molecule has 0 atom stereocenters. The molecular weight excluding hydrogens is 254 g/mol. The fourth-order valence-electron chi connectivity index (χ4n) is 1.32. The van der Waals surface area contributed by atoms with Gasteiger partial charge in [0.25, 0.3) is 5.91 Å². The molecule has 2 rings (SSSR count). The summed E-state index contributed by atoms with van der Waals surface area (Å²) in [5.41, 5.74) is 1.37. The Kier molecular flexibility index (Phi) is 3.43. The lowest BCUT2D eigenvalue weighted by Crippen LogP contribution is -2.14. The maximum Gasteiger partial charge on any atom is 0.276 e. The van der Waals surface area contributed by atoms with E-state index in [1.165, 1.54) is 18.2 Å². The Bertz CT molecular complexity index is 584. The second-order valence-corrected chi connectivity index (χ2v) is 4.08. The minimum absolute atomic E-state index is 0.120. The summed E-state index contributed by atoms with van der Waals surface area (Å²) in [6.45, 7) is 1.77.